The third-order valence-corrected chi connectivity index (χ3v) is 0. The van der Waals surface area contributed by atoms with Crippen LogP contribution in [0.2, 0.25) is 0 Å². The summed E-state index contributed by atoms with van der Waals surface area (Å²) in [4.78, 5) is 0. The topological polar surface area (TPSA) is 0 Å². The minimum absolute atomic E-state index is 0. The Kier molecular flexibility index (Phi) is 246. The quantitative estimate of drug-likeness (QED) is 0.291. The van der Waals surface area contributed by atoms with Crippen molar-refractivity contribution in [2.75, 3.05) is 0 Å². The van der Waals surface area contributed by atoms with Gasteiger partial charge in [0.05, 0.1) is 0 Å². The fourth-order valence-corrected chi connectivity index (χ4v) is 0. The molecule has 0 amide bonds. The van der Waals surface area contributed by atoms with Gasteiger partial charge in [0.25, 0.3) is 0 Å². The van der Waals surface area contributed by atoms with Gasteiger partial charge in [-0.3, -0.25) is 0 Å². The SMILES string of the molecule is [Ni].[Pb].[Pb].[Ti].[Zr].[Zr]. The van der Waals surface area contributed by atoms with E-state index in [1.165, 1.54) is 0 Å². The molecular weight excluding hydrogens is 703 g/mol. The molecule has 6 heteroatoms. The second-order valence-corrected chi connectivity index (χ2v) is 0. The molecule has 0 spiro atoms. The smallest absolute Gasteiger partial charge is 0 e. The van der Waals surface area contributed by atoms with Crippen molar-refractivity contribution in [2.24, 2.45) is 0 Å². The van der Waals surface area contributed by atoms with Crippen molar-refractivity contribution in [3.05, 3.63) is 0 Å². The van der Waals surface area contributed by atoms with E-state index in [9.17, 15) is 0 Å². The van der Waals surface area contributed by atoms with Crippen LogP contribution in [0.15, 0.2) is 0 Å². The molecule has 0 rings (SSSR count). The Morgan fingerprint density at radius 3 is 0.667 bits per heavy atom. The van der Waals surface area contributed by atoms with E-state index in [1.54, 1.807) is 0 Å². The molecule has 0 atom stereocenters. The molecule has 0 heterocycles. The van der Waals surface area contributed by atoms with Gasteiger partial charge in [-0.25, -0.2) is 0 Å². The van der Waals surface area contributed by atoms with Crippen LogP contribution in [0.4, 0.5) is 0 Å². The summed E-state index contributed by atoms with van der Waals surface area (Å²) in [6.07, 6.45) is 0. The molecule has 8 radical (unpaired) electrons. The van der Waals surface area contributed by atoms with Crippen molar-refractivity contribution < 1.29 is 90.6 Å². The molecular formula is NiPb2TiZr2. The van der Waals surface area contributed by atoms with Crippen LogP contribution in [0, 0.1) is 0 Å². The maximum absolute atomic E-state index is 0. The fourth-order valence-electron chi connectivity index (χ4n) is 0. The normalized spacial score (nSPS) is 0. The van der Waals surface area contributed by atoms with Crippen LogP contribution in [0.25, 0.3) is 0 Å². The number of rotatable bonds is 0. The molecule has 0 nitrogen and oxygen atoms in total. The van der Waals surface area contributed by atoms with E-state index in [2.05, 4.69) is 0 Å². The van der Waals surface area contributed by atoms with E-state index in [0.717, 1.165) is 0 Å². The van der Waals surface area contributed by atoms with Crippen LogP contribution in [-0.4, -0.2) is 54.6 Å². The molecule has 0 aromatic rings. The largest absolute Gasteiger partial charge is 0 e. The summed E-state index contributed by atoms with van der Waals surface area (Å²) in [6.45, 7) is 0. The summed E-state index contributed by atoms with van der Waals surface area (Å²) < 4.78 is 0. The molecule has 0 aromatic carbocycles. The second-order valence-electron chi connectivity index (χ2n) is 0. The Hall–Kier alpha value is 4.82. The predicted molar refractivity (Wildman–Crippen MR) is 11.5 cm³/mol. The first kappa shape index (κ1) is 44.9. The van der Waals surface area contributed by atoms with Crippen LogP contribution in [0.1, 0.15) is 0 Å². The Balaban J connectivity index is 0. The Morgan fingerprint density at radius 2 is 0.667 bits per heavy atom. The zero-order valence-electron chi connectivity index (χ0n) is 2.82. The van der Waals surface area contributed by atoms with Gasteiger partial charge < -0.3 is 0 Å². The van der Waals surface area contributed by atoms with Crippen LogP contribution in [0.3, 0.4) is 0 Å². The summed E-state index contributed by atoms with van der Waals surface area (Å²) in [6, 6.07) is 0. The zero-order chi connectivity index (χ0) is 0. The molecule has 0 saturated heterocycles. The molecule has 30 valence electrons. The molecule has 0 unspecified atom stereocenters. The summed E-state index contributed by atoms with van der Waals surface area (Å²) in [5.74, 6) is 0. The van der Waals surface area contributed by atoms with E-state index < -0.39 is 0 Å². The van der Waals surface area contributed by atoms with E-state index >= 15 is 0 Å². The average Bonchev–Trinajstić information content (AvgIpc) is 0. The van der Waals surface area contributed by atoms with Crippen LogP contribution in [0.5, 0.6) is 0 Å². The average molecular weight is 703 g/mol. The molecule has 0 bridgehead atoms. The van der Waals surface area contributed by atoms with Crippen molar-refractivity contribution in [1.29, 1.82) is 0 Å². The van der Waals surface area contributed by atoms with Gasteiger partial charge in [0.15, 0.2) is 0 Å². The van der Waals surface area contributed by atoms with Gasteiger partial charge in [-0.15, -0.1) is 0 Å². The first-order valence-corrected chi connectivity index (χ1v) is 0. The Labute approximate surface area is 141 Å². The van der Waals surface area contributed by atoms with Crippen LogP contribution in [-0.2, 0) is 90.6 Å². The minimum atomic E-state index is 0. The third kappa shape index (κ3) is 23.2. The molecule has 0 aliphatic heterocycles. The molecule has 0 saturated carbocycles. The van der Waals surface area contributed by atoms with Gasteiger partial charge in [0, 0.05) is 145 Å². The van der Waals surface area contributed by atoms with Gasteiger partial charge >= 0.3 is 0 Å². The molecule has 0 aliphatic carbocycles. The predicted octanol–water partition coefficient (Wildman–Crippen LogP) is -0.772. The van der Waals surface area contributed by atoms with Gasteiger partial charge in [0.2, 0.25) is 0 Å². The molecule has 0 aliphatic rings. The van der Waals surface area contributed by atoms with Gasteiger partial charge in [-0.2, -0.15) is 0 Å². The van der Waals surface area contributed by atoms with Crippen molar-refractivity contribution in [1.82, 2.24) is 0 Å². The first-order chi connectivity index (χ1) is 0. The summed E-state index contributed by atoms with van der Waals surface area (Å²) in [7, 11) is 0. The fraction of sp³-hybridized carbons (Fsp3) is 0. The van der Waals surface area contributed by atoms with Gasteiger partial charge in [0.1, 0.15) is 0 Å². The molecule has 0 fully saturated rings. The van der Waals surface area contributed by atoms with E-state index in [1.807, 2.05) is 0 Å². The second kappa shape index (κ2) is 32.9. The Morgan fingerprint density at radius 1 is 0.667 bits per heavy atom. The van der Waals surface area contributed by atoms with E-state index in [0.29, 0.717) is 0 Å². The molecule has 0 N–H and O–H groups in total. The van der Waals surface area contributed by atoms with Crippen molar-refractivity contribution >= 4 is 54.6 Å². The summed E-state index contributed by atoms with van der Waals surface area (Å²) >= 11 is 0. The third-order valence-electron chi connectivity index (χ3n) is 0. The van der Waals surface area contributed by atoms with E-state index in [-0.39, 0.29) is 145 Å². The standard InChI is InChI=1S/Ni.2Pb.Ti.2Zr. The maximum Gasteiger partial charge on any atom is 0 e. The van der Waals surface area contributed by atoms with Crippen LogP contribution >= 0.6 is 0 Å². The van der Waals surface area contributed by atoms with E-state index in [4.69, 9.17) is 0 Å². The van der Waals surface area contributed by atoms with Crippen molar-refractivity contribution in [3.8, 4) is 0 Å². The number of hydrogen-bond acceptors (Lipinski definition) is 0. The summed E-state index contributed by atoms with van der Waals surface area (Å²) in [5.41, 5.74) is 0. The minimum Gasteiger partial charge on any atom is 0 e. The Bertz CT molecular complexity index is 11.5. The molecule has 6 heavy (non-hydrogen) atoms. The monoisotopic (exact) mass is 702 g/mol. The maximum atomic E-state index is 0. The summed E-state index contributed by atoms with van der Waals surface area (Å²) in [5, 5.41) is 0. The van der Waals surface area contributed by atoms with Gasteiger partial charge in [-0.1, -0.05) is 0 Å². The zero-order valence-corrected chi connectivity index (χ0v) is 18.1. The first-order valence-electron chi connectivity index (χ1n) is 0. The van der Waals surface area contributed by atoms with Gasteiger partial charge in [-0.05, 0) is 0 Å². The number of hydrogen-bond donors (Lipinski definition) is 0. The molecule has 0 aromatic heterocycles. The van der Waals surface area contributed by atoms with Crippen molar-refractivity contribution in [3.63, 3.8) is 0 Å². The van der Waals surface area contributed by atoms with Crippen LogP contribution < -0.4 is 0 Å². The van der Waals surface area contributed by atoms with Crippen molar-refractivity contribution in [2.45, 2.75) is 0 Å².